The van der Waals surface area contributed by atoms with Gasteiger partial charge in [-0.25, -0.2) is 4.79 Å². The molecule has 2 heterocycles. The van der Waals surface area contributed by atoms with Gasteiger partial charge in [-0.05, 0) is 29.2 Å². The third kappa shape index (κ3) is 3.53. The number of carbonyl (C=O) groups excluding carboxylic acids is 3. The second-order valence-corrected chi connectivity index (χ2v) is 6.89. The smallest absolute Gasteiger partial charge is 0.324 e. The van der Waals surface area contributed by atoms with Crippen LogP contribution >= 0.6 is 0 Å². The van der Waals surface area contributed by atoms with Gasteiger partial charge in [0, 0.05) is 18.7 Å². The first-order valence-electron chi connectivity index (χ1n) is 9.33. The molecule has 142 valence electrons. The van der Waals surface area contributed by atoms with Crippen LogP contribution in [0.2, 0.25) is 0 Å². The largest absolute Gasteiger partial charge is 0.335 e. The molecule has 0 aliphatic carbocycles. The Labute approximate surface area is 163 Å². The number of carbonyl (C=O) groups is 3. The zero-order valence-corrected chi connectivity index (χ0v) is 15.4. The van der Waals surface area contributed by atoms with Gasteiger partial charge in [-0.15, -0.1) is 0 Å². The highest BCUT2D eigenvalue weighted by Crippen LogP contribution is 2.24. The summed E-state index contributed by atoms with van der Waals surface area (Å²) in [5, 5.41) is 2.51. The van der Waals surface area contributed by atoms with Crippen molar-refractivity contribution < 1.29 is 14.4 Å². The number of nitrogens with one attached hydrogen (secondary N) is 1. The molecule has 0 unspecified atom stereocenters. The van der Waals surface area contributed by atoms with E-state index in [1.54, 1.807) is 23.1 Å². The van der Waals surface area contributed by atoms with Crippen molar-refractivity contribution in [1.82, 2.24) is 15.1 Å². The average molecular weight is 375 g/mol. The summed E-state index contributed by atoms with van der Waals surface area (Å²) in [6.45, 7) is 1.29. The summed E-state index contributed by atoms with van der Waals surface area (Å²) in [6.07, 6.45) is 2.89. The maximum Gasteiger partial charge on any atom is 0.324 e. The van der Waals surface area contributed by atoms with Crippen molar-refractivity contribution in [1.29, 1.82) is 0 Å². The third-order valence-electron chi connectivity index (χ3n) is 5.15. The van der Waals surface area contributed by atoms with Gasteiger partial charge in [0.05, 0.1) is 13.1 Å². The Morgan fingerprint density at radius 2 is 1.75 bits per heavy atom. The first kappa shape index (κ1) is 18.0. The van der Waals surface area contributed by atoms with Gasteiger partial charge in [-0.1, -0.05) is 54.6 Å². The molecule has 4 rings (SSSR count). The lowest BCUT2D eigenvalue weighted by Crippen LogP contribution is -2.36. The molecule has 1 saturated heterocycles. The number of nitrogens with zero attached hydrogens (tertiary/aromatic N) is 2. The molecule has 2 aliphatic rings. The first-order chi connectivity index (χ1) is 13.6. The average Bonchev–Trinajstić information content (AvgIpc) is 3.06. The van der Waals surface area contributed by atoms with Crippen molar-refractivity contribution in [2.75, 3.05) is 19.6 Å². The molecule has 2 aromatic carbocycles. The molecule has 6 heteroatoms. The highest BCUT2D eigenvalue weighted by atomic mass is 16.2. The van der Waals surface area contributed by atoms with E-state index in [4.69, 9.17) is 0 Å². The van der Waals surface area contributed by atoms with E-state index < -0.39 is 6.03 Å². The second-order valence-electron chi connectivity index (χ2n) is 6.89. The van der Waals surface area contributed by atoms with E-state index in [1.165, 1.54) is 11.1 Å². The summed E-state index contributed by atoms with van der Waals surface area (Å²) in [5.74, 6) is -0.355. The summed E-state index contributed by atoms with van der Waals surface area (Å²) in [4.78, 5) is 39.8. The van der Waals surface area contributed by atoms with E-state index in [0.717, 1.165) is 11.3 Å². The van der Waals surface area contributed by atoms with Crippen LogP contribution in [0.25, 0.3) is 5.57 Å². The molecule has 0 spiro atoms. The zero-order valence-electron chi connectivity index (χ0n) is 15.4. The Morgan fingerprint density at radius 3 is 2.43 bits per heavy atom. The standard InChI is InChI=1S/C22H21N3O3/c26-20-14-23-22(28)25(20)15-18-8-4-5-9-19(18)21(27)24-12-10-17(11-13-24)16-6-2-1-3-7-16/h1-10H,11-15H2,(H,23,28). The number of amides is 4. The Hall–Kier alpha value is -3.41. The lowest BCUT2D eigenvalue weighted by Gasteiger charge is -2.28. The van der Waals surface area contributed by atoms with Gasteiger partial charge in [-0.3, -0.25) is 14.5 Å². The fraction of sp³-hybridized carbons (Fsp3) is 0.227. The molecule has 0 bridgehead atoms. The van der Waals surface area contributed by atoms with Crippen LogP contribution in [0.4, 0.5) is 4.79 Å². The molecule has 2 aromatic rings. The minimum absolute atomic E-state index is 0.00806. The van der Waals surface area contributed by atoms with Crippen molar-refractivity contribution >= 4 is 23.4 Å². The quantitative estimate of drug-likeness (QED) is 0.836. The third-order valence-corrected chi connectivity index (χ3v) is 5.15. The number of urea groups is 1. The molecule has 28 heavy (non-hydrogen) atoms. The highest BCUT2D eigenvalue weighted by Gasteiger charge is 2.30. The zero-order chi connectivity index (χ0) is 19.5. The molecule has 0 saturated carbocycles. The molecule has 2 aliphatic heterocycles. The number of imide groups is 1. The molecule has 0 aromatic heterocycles. The Balaban J connectivity index is 1.51. The fourth-order valence-electron chi connectivity index (χ4n) is 3.59. The van der Waals surface area contributed by atoms with E-state index in [2.05, 4.69) is 23.5 Å². The Bertz CT molecular complexity index is 937. The number of hydrogen-bond donors (Lipinski definition) is 1. The van der Waals surface area contributed by atoms with E-state index in [-0.39, 0.29) is 24.9 Å². The van der Waals surface area contributed by atoms with Gasteiger partial charge in [0.2, 0.25) is 5.91 Å². The van der Waals surface area contributed by atoms with Gasteiger partial charge in [-0.2, -0.15) is 0 Å². The molecule has 0 radical (unpaired) electrons. The fourth-order valence-corrected chi connectivity index (χ4v) is 3.59. The van der Waals surface area contributed by atoms with Crippen molar-refractivity contribution in [3.05, 3.63) is 77.4 Å². The number of rotatable bonds is 4. The SMILES string of the molecule is O=C(c1ccccc1CN1C(=O)CNC1=O)N1CC=C(c2ccccc2)CC1. The predicted molar refractivity (Wildman–Crippen MR) is 105 cm³/mol. The van der Waals surface area contributed by atoms with Gasteiger partial charge in [0.1, 0.15) is 0 Å². The van der Waals surface area contributed by atoms with Crippen LogP contribution in [0.3, 0.4) is 0 Å². The maximum absolute atomic E-state index is 13.1. The summed E-state index contributed by atoms with van der Waals surface area (Å²) < 4.78 is 0. The molecule has 0 atom stereocenters. The minimum Gasteiger partial charge on any atom is -0.335 e. The Kier molecular flexibility index (Phi) is 4.93. The Morgan fingerprint density at radius 1 is 1.00 bits per heavy atom. The van der Waals surface area contributed by atoms with Gasteiger partial charge >= 0.3 is 6.03 Å². The van der Waals surface area contributed by atoms with Crippen molar-refractivity contribution in [3.63, 3.8) is 0 Å². The monoisotopic (exact) mass is 375 g/mol. The summed E-state index contributed by atoms with van der Waals surface area (Å²) in [5.41, 5.74) is 3.65. The van der Waals surface area contributed by atoms with E-state index in [9.17, 15) is 14.4 Å². The lowest BCUT2D eigenvalue weighted by molar-refractivity contribution is -0.125. The molecule has 4 amide bonds. The van der Waals surface area contributed by atoms with Crippen molar-refractivity contribution in [2.24, 2.45) is 0 Å². The number of hydrogen-bond acceptors (Lipinski definition) is 3. The van der Waals surface area contributed by atoms with E-state index in [0.29, 0.717) is 24.2 Å². The van der Waals surface area contributed by atoms with Crippen LogP contribution in [0.15, 0.2) is 60.7 Å². The summed E-state index contributed by atoms with van der Waals surface area (Å²) >= 11 is 0. The molecule has 1 fully saturated rings. The minimum atomic E-state index is -0.416. The van der Waals surface area contributed by atoms with Crippen LogP contribution < -0.4 is 5.32 Å². The van der Waals surface area contributed by atoms with Crippen LogP contribution in [-0.2, 0) is 11.3 Å². The van der Waals surface area contributed by atoms with Crippen LogP contribution in [0, 0.1) is 0 Å². The van der Waals surface area contributed by atoms with Crippen molar-refractivity contribution in [3.8, 4) is 0 Å². The first-order valence-corrected chi connectivity index (χ1v) is 9.33. The van der Waals surface area contributed by atoms with Crippen LogP contribution in [0.1, 0.15) is 27.9 Å². The van der Waals surface area contributed by atoms with E-state index in [1.807, 2.05) is 24.3 Å². The summed E-state index contributed by atoms with van der Waals surface area (Å²) in [7, 11) is 0. The summed E-state index contributed by atoms with van der Waals surface area (Å²) in [6, 6.07) is 16.9. The highest BCUT2D eigenvalue weighted by molar-refractivity contribution is 6.02. The number of benzene rings is 2. The van der Waals surface area contributed by atoms with Gasteiger partial charge in [0.25, 0.3) is 5.91 Å². The van der Waals surface area contributed by atoms with E-state index >= 15 is 0 Å². The topological polar surface area (TPSA) is 69.7 Å². The molecule has 1 N–H and O–H groups in total. The normalized spacial score (nSPS) is 16.8. The van der Waals surface area contributed by atoms with Gasteiger partial charge in [0.15, 0.2) is 0 Å². The van der Waals surface area contributed by atoms with Crippen molar-refractivity contribution in [2.45, 2.75) is 13.0 Å². The van der Waals surface area contributed by atoms with Crippen LogP contribution in [0.5, 0.6) is 0 Å². The maximum atomic E-state index is 13.1. The second kappa shape index (κ2) is 7.68. The molecule has 6 nitrogen and oxygen atoms in total. The lowest BCUT2D eigenvalue weighted by atomic mass is 9.98. The predicted octanol–water partition coefficient (Wildman–Crippen LogP) is 2.67. The van der Waals surface area contributed by atoms with Crippen LogP contribution in [-0.4, -0.2) is 47.3 Å². The van der Waals surface area contributed by atoms with Gasteiger partial charge < -0.3 is 10.2 Å². The molecular weight excluding hydrogens is 354 g/mol. The molecular formula is C22H21N3O3.